The Morgan fingerprint density at radius 2 is 1.95 bits per heavy atom. The molecule has 0 aliphatic heterocycles. The van der Waals surface area contributed by atoms with Gasteiger partial charge in [-0.2, -0.15) is 0 Å². The molecule has 0 radical (unpaired) electrons. The second-order valence-corrected chi connectivity index (χ2v) is 5.60. The third-order valence-electron chi connectivity index (χ3n) is 2.39. The van der Waals surface area contributed by atoms with E-state index in [0.717, 1.165) is 6.54 Å². The topological polar surface area (TPSA) is 75.3 Å². The molecule has 0 saturated carbocycles. The summed E-state index contributed by atoms with van der Waals surface area (Å²) in [6.07, 6.45) is 0. The lowest BCUT2D eigenvalue weighted by Gasteiger charge is -2.07. The first-order chi connectivity index (χ1) is 8.47. The number of halogens is 1. The Balaban J connectivity index is 0.00000324. The van der Waals surface area contributed by atoms with Crippen molar-refractivity contribution in [3.8, 4) is 0 Å². The first-order valence-electron chi connectivity index (χ1n) is 5.78. The number of sulfonamides is 1. The normalized spacial score (nSPS) is 10.8. The third kappa shape index (κ3) is 5.69. The monoisotopic (exact) mass is 306 g/mol. The molecule has 0 saturated heterocycles. The van der Waals surface area contributed by atoms with Gasteiger partial charge in [-0.05, 0) is 25.6 Å². The number of carbonyl (C=O) groups is 1. The van der Waals surface area contributed by atoms with Crippen molar-refractivity contribution in [2.24, 2.45) is 0 Å². The molecule has 0 heterocycles. The van der Waals surface area contributed by atoms with E-state index in [4.69, 9.17) is 0 Å². The maximum absolute atomic E-state index is 11.9. The van der Waals surface area contributed by atoms with Gasteiger partial charge in [0.05, 0.1) is 4.90 Å². The van der Waals surface area contributed by atoms with E-state index >= 15 is 0 Å². The van der Waals surface area contributed by atoms with Crippen LogP contribution >= 0.6 is 12.4 Å². The minimum absolute atomic E-state index is 0. The van der Waals surface area contributed by atoms with Crippen LogP contribution in [0.5, 0.6) is 0 Å². The number of hydrogen-bond donors (Lipinski definition) is 2. The molecule has 2 N–H and O–H groups in total. The summed E-state index contributed by atoms with van der Waals surface area (Å²) < 4.78 is 26.3. The number of nitrogens with one attached hydrogen (secondary N) is 2. The number of rotatable bonds is 7. The van der Waals surface area contributed by atoms with Gasteiger partial charge in [-0.3, -0.25) is 4.79 Å². The molecule has 1 rings (SSSR count). The first kappa shape index (κ1) is 18.0. The second kappa shape index (κ2) is 8.27. The van der Waals surface area contributed by atoms with Crippen molar-refractivity contribution in [3.63, 3.8) is 0 Å². The molecule has 0 aliphatic rings. The lowest BCUT2D eigenvalue weighted by Crippen LogP contribution is -2.31. The van der Waals surface area contributed by atoms with Crippen molar-refractivity contribution >= 4 is 28.2 Å². The summed E-state index contributed by atoms with van der Waals surface area (Å²) in [6, 6.07) is 6.02. The van der Waals surface area contributed by atoms with E-state index in [-0.39, 0.29) is 23.1 Å². The molecule has 7 heteroatoms. The van der Waals surface area contributed by atoms with Gasteiger partial charge in [0.1, 0.15) is 0 Å². The van der Waals surface area contributed by atoms with Gasteiger partial charge in [0, 0.05) is 18.7 Å². The summed E-state index contributed by atoms with van der Waals surface area (Å²) in [7, 11) is -3.54. The molecule has 5 nitrogen and oxygen atoms in total. The van der Waals surface area contributed by atoms with Crippen LogP contribution in [0.15, 0.2) is 29.2 Å². The average Bonchev–Trinajstić information content (AvgIpc) is 2.35. The summed E-state index contributed by atoms with van der Waals surface area (Å²) >= 11 is 0. The number of hydrogen-bond acceptors (Lipinski definition) is 4. The van der Waals surface area contributed by atoms with Crippen molar-refractivity contribution in [1.29, 1.82) is 0 Å². The van der Waals surface area contributed by atoms with Crippen LogP contribution in [0.2, 0.25) is 0 Å². The fourth-order valence-corrected chi connectivity index (χ4v) is 2.49. The lowest BCUT2D eigenvalue weighted by molar-refractivity contribution is 0.101. The minimum atomic E-state index is -3.54. The fraction of sp³-hybridized carbons (Fsp3) is 0.417. The van der Waals surface area contributed by atoms with Crippen LogP contribution in [-0.2, 0) is 10.0 Å². The molecule has 0 amide bonds. The highest BCUT2D eigenvalue weighted by molar-refractivity contribution is 7.89. The van der Waals surface area contributed by atoms with Crippen molar-refractivity contribution < 1.29 is 13.2 Å². The summed E-state index contributed by atoms with van der Waals surface area (Å²) in [4.78, 5) is 11.3. The minimum Gasteiger partial charge on any atom is -0.316 e. The fourth-order valence-electron chi connectivity index (χ4n) is 1.42. The van der Waals surface area contributed by atoms with Gasteiger partial charge < -0.3 is 5.32 Å². The molecule has 0 spiro atoms. The summed E-state index contributed by atoms with van der Waals surface area (Å²) in [5.41, 5.74) is 0.393. The molecule has 0 aromatic heterocycles. The number of likely N-dealkylation sites (N-methyl/N-ethyl adjacent to an activating group) is 1. The highest BCUT2D eigenvalue weighted by atomic mass is 35.5. The molecule has 0 unspecified atom stereocenters. The van der Waals surface area contributed by atoms with E-state index in [1.165, 1.54) is 19.1 Å². The van der Waals surface area contributed by atoms with Crippen LogP contribution < -0.4 is 10.0 Å². The van der Waals surface area contributed by atoms with E-state index in [1.54, 1.807) is 12.1 Å². The van der Waals surface area contributed by atoms with Gasteiger partial charge in [0.15, 0.2) is 5.78 Å². The zero-order valence-electron chi connectivity index (χ0n) is 11.0. The molecule has 1 aromatic rings. The van der Waals surface area contributed by atoms with Crippen LogP contribution in [0.4, 0.5) is 0 Å². The van der Waals surface area contributed by atoms with E-state index in [1.807, 2.05) is 6.92 Å². The maximum atomic E-state index is 11.9. The summed E-state index contributed by atoms with van der Waals surface area (Å²) in [5.74, 6) is -0.153. The molecule has 0 atom stereocenters. The Hall–Kier alpha value is -0.950. The Kier molecular flexibility index (Phi) is 7.85. The molecule has 1 aromatic carbocycles. The first-order valence-corrected chi connectivity index (χ1v) is 7.27. The molecule has 0 bridgehead atoms. The summed E-state index contributed by atoms with van der Waals surface area (Å²) in [5, 5.41) is 3.02. The van der Waals surface area contributed by atoms with Crippen LogP contribution in [0.25, 0.3) is 0 Å². The van der Waals surface area contributed by atoms with Gasteiger partial charge in [-0.1, -0.05) is 19.1 Å². The predicted molar refractivity (Wildman–Crippen MR) is 77.4 cm³/mol. The van der Waals surface area contributed by atoms with E-state index in [0.29, 0.717) is 18.7 Å². The van der Waals surface area contributed by atoms with Crippen molar-refractivity contribution in [2.75, 3.05) is 19.6 Å². The van der Waals surface area contributed by atoms with Crippen LogP contribution in [0.3, 0.4) is 0 Å². The van der Waals surface area contributed by atoms with Crippen LogP contribution in [0.1, 0.15) is 24.2 Å². The Bertz CT molecular complexity index is 517. The van der Waals surface area contributed by atoms with E-state index in [2.05, 4.69) is 10.0 Å². The smallest absolute Gasteiger partial charge is 0.240 e. The molecular weight excluding hydrogens is 288 g/mol. The molecule has 108 valence electrons. The van der Waals surface area contributed by atoms with Gasteiger partial charge in [-0.15, -0.1) is 12.4 Å². The molecule has 19 heavy (non-hydrogen) atoms. The van der Waals surface area contributed by atoms with Gasteiger partial charge >= 0.3 is 0 Å². The van der Waals surface area contributed by atoms with Crippen LogP contribution in [0, 0.1) is 0 Å². The Morgan fingerprint density at radius 1 is 1.26 bits per heavy atom. The Morgan fingerprint density at radius 3 is 2.53 bits per heavy atom. The highest BCUT2D eigenvalue weighted by Crippen LogP contribution is 2.11. The van der Waals surface area contributed by atoms with Crippen molar-refractivity contribution in [1.82, 2.24) is 10.0 Å². The number of benzene rings is 1. The third-order valence-corrected chi connectivity index (χ3v) is 3.85. The quantitative estimate of drug-likeness (QED) is 0.586. The second-order valence-electron chi connectivity index (χ2n) is 3.84. The highest BCUT2D eigenvalue weighted by Gasteiger charge is 2.14. The Labute approximate surface area is 120 Å². The number of carbonyl (C=O) groups excluding carboxylic acids is 1. The molecular formula is C12H19ClN2O3S. The molecule has 0 fully saturated rings. The largest absolute Gasteiger partial charge is 0.316 e. The lowest BCUT2D eigenvalue weighted by atomic mass is 10.2. The predicted octanol–water partition coefficient (Wildman–Crippen LogP) is 1.20. The maximum Gasteiger partial charge on any atom is 0.240 e. The zero-order chi connectivity index (χ0) is 13.6. The number of ketones is 1. The number of Topliss-reactive ketones (excluding diaryl/α,β-unsaturated/α-hetero) is 1. The van der Waals surface area contributed by atoms with Crippen molar-refractivity contribution in [3.05, 3.63) is 29.8 Å². The van der Waals surface area contributed by atoms with Gasteiger partial charge in [-0.25, -0.2) is 13.1 Å². The van der Waals surface area contributed by atoms with E-state index < -0.39 is 10.0 Å². The zero-order valence-corrected chi connectivity index (χ0v) is 12.6. The molecule has 0 aliphatic carbocycles. The van der Waals surface area contributed by atoms with Gasteiger partial charge in [0.2, 0.25) is 10.0 Å². The van der Waals surface area contributed by atoms with Crippen molar-refractivity contribution in [2.45, 2.75) is 18.7 Å². The SMILES string of the molecule is CCNCCNS(=O)(=O)c1cccc(C(C)=O)c1.Cl. The van der Waals surface area contributed by atoms with Gasteiger partial charge in [0.25, 0.3) is 0 Å². The van der Waals surface area contributed by atoms with Crippen LogP contribution in [-0.4, -0.2) is 33.8 Å². The average molecular weight is 307 g/mol. The summed E-state index contributed by atoms with van der Waals surface area (Å²) in [6.45, 7) is 5.04. The standard InChI is InChI=1S/C12H18N2O3S.ClH/c1-3-13-7-8-14-18(16,17)12-6-4-5-11(9-12)10(2)15;/h4-6,9,13-14H,3,7-8H2,1-2H3;1H. The van der Waals surface area contributed by atoms with E-state index in [9.17, 15) is 13.2 Å².